The first-order valence-electron chi connectivity index (χ1n) is 9.67. The predicted molar refractivity (Wildman–Crippen MR) is 123 cm³/mol. The van der Waals surface area contributed by atoms with Crippen LogP contribution < -0.4 is 10.2 Å². The Morgan fingerprint density at radius 3 is 2.52 bits per heavy atom. The highest BCUT2D eigenvalue weighted by Gasteiger charge is 2.42. The van der Waals surface area contributed by atoms with Gasteiger partial charge in [0.1, 0.15) is 17.7 Å². The summed E-state index contributed by atoms with van der Waals surface area (Å²) in [5, 5.41) is 4.52. The van der Waals surface area contributed by atoms with Gasteiger partial charge in [-0.1, -0.05) is 17.7 Å². The highest BCUT2D eigenvalue weighted by molar-refractivity contribution is 7.80. The molecule has 0 radical (unpaired) electrons. The van der Waals surface area contributed by atoms with Gasteiger partial charge in [-0.15, -0.1) is 0 Å². The Morgan fingerprint density at radius 1 is 0.968 bits per heavy atom. The van der Waals surface area contributed by atoms with E-state index >= 15 is 0 Å². The molecular formula is C23H17ClFN5S. The first-order valence-corrected chi connectivity index (χ1v) is 10.5. The quantitative estimate of drug-likeness (QED) is 0.432. The van der Waals surface area contributed by atoms with E-state index < -0.39 is 0 Å². The van der Waals surface area contributed by atoms with E-state index in [1.807, 2.05) is 52.1 Å². The number of nitrogens with zero attached hydrogens (tertiary/aromatic N) is 4. The van der Waals surface area contributed by atoms with Crippen molar-refractivity contribution in [3.63, 3.8) is 0 Å². The second-order valence-corrected chi connectivity index (χ2v) is 7.93. The molecule has 5 nitrogen and oxygen atoms in total. The van der Waals surface area contributed by atoms with Gasteiger partial charge in [-0.05, 0) is 72.9 Å². The van der Waals surface area contributed by atoms with Crippen LogP contribution in [0, 0.1) is 5.82 Å². The summed E-state index contributed by atoms with van der Waals surface area (Å²) in [6, 6.07) is 19.3. The van der Waals surface area contributed by atoms with Crippen LogP contribution in [0.5, 0.6) is 0 Å². The van der Waals surface area contributed by atoms with Gasteiger partial charge in [-0.3, -0.25) is 4.98 Å². The summed E-state index contributed by atoms with van der Waals surface area (Å²) < 4.78 is 15.6. The standard InChI is InChI=1S/C23H17ClFN5S/c24-15-6-11-20(27-14-15)29-13-3-5-19(29)22-21(18-4-1-2-12-26-18)28-23(31)30(22)17-9-7-16(25)8-10-17/h1-14,21-22H,(H,28,31)/t21-,22-/m0/s1. The molecule has 1 aliphatic heterocycles. The van der Waals surface area contributed by atoms with E-state index in [9.17, 15) is 4.39 Å². The second kappa shape index (κ2) is 8.09. The van der Waals surface area contributed by atoms with E-state index in [-0.39, 0.29) is 17.9 Å². The van der Waals surface area contributed by atoms with Crippen molar-refractivity contribution >= 4 is 34.6 Å². The van der Waals surface area contributed by atoms with Crippen LogP contribution in [0.4, 0.5) is 10.1 Å². The van der Waals surface area contributed by atoms with E-state index in [0.29, 0.717) is 10.1 Å². The smallest absolute Gasteiger partial charge is 0.174 e. The van der Waals surface area contributed by atoms with Crippen LogP contribution >= 0.6 is 23.8 Å². The normalized spacial score (nSPS) is 18.3. The first-order chi connectivity index (χ1) is 15.1. The molecule has 1 fully saturated rings. The Kier molecular flexibility index (Phi) is 5.13. The third-order valence-electron chi connectivity index (χ3n) is 5.24. The Morgan fingerprint density at radius 2 is 1.81 bits per heavy atom. The topological polar surface area (TPSA) is 46.0 Å². The fourth-order valence-corrected chi connectivity index (χ4v) is 4.35. The zero-order chi connectivity index (χ0) is 21.4. The molecule has 154 valence electrons. The molecule has 0 bridgehead atoms. The summed E-state index contributed by atoms with van der Waals surface area (Å²) in [6.07, 6.45) is 5.33. The Hall–Kier alpha value is -3.29. The number of hydrogen-bond acceptors (Lipinski definition) is 3. The van der Waals surface area contributed by atoms with Gasteiger partial charge in [0.25, 0.3) is 0 Å². The largest absolute Gasteiger partial charge is 0.351 e. The van der Waals surface area contributed by atoms with Crippen molar-refractivity contribution in [3.8, 4) is 5.82 Å². The lowest BCUT2D eigenvalue weighted by Crippen LogP contribution is -2.30. The molecule has 8 heteroatoms. The SMILES string of the molecule is Fc1ccc(N2C(=S)N[C@@H](c3ccccn3)[C@@H]2c2cccn2-c2ccc(Cl)cn2)cc1. The zero-order valence-corrected chi connectivity index (χ0v) is 17.8. The molecule has 2 atom stereocenters. The third-order valence-corrected chi connectivity index (χ3v) is 5.78. The highest BCUT2D eigenvalue weighted by Crippen LogP contribution is 2.42. The molecule has 0 aliphatic carbocycles. The number of thiocarbonyl (C=S) groups is 1. The third kappa shape index (κ3) is 3.66. The molecule has 0 saturated carbocycles. The summed E-state index contributed by atoms with van der Waals surface area (Å²) in [6.45, 7) is 0. The summed E-state index contributed by atoms with van der Waals surface area (Å²) in [5.41, 5.74) is 2.61. The fraction of sp³-hybridized carbons (Fsp3) is 0.0870. The van der Waals surface area contributed by atoms with Crippen LogP contribution in [0.15, 0.2) is 85.3 Å². The van der Waals surface area contributed by atoms with Crippen LogP contribution in [-0.4, -0.2) is 19.6 Å². The van der Waals surface area contributed by atoms with Gasteiger partial charge >= 0.3 is 0 Å². The number of pyridine rings is 2. The molecule has 1 saturated heterocycles. The van der Waals surface area contributed by atoms with Crippen molar-refractivity contribution in [3.05, 3.63) is 108 Å². The average molecular weight is 450 g/mol. The minimum absolute atomic E-state index is 0.209. The van der Waals surface area contributed by atoms with Crippen molar-refractivity contribution in [2.45, 2.75) is 12.1 Å². The molecule has 0 amide bonds. The lowest BCUT2D eigenvalue weighted by molar-refractivity contribution is 0.548. The molecule has 0 spiro atoms. The van der Waals surface area contributed by atoms with Crippen molar-refractivity contribution in [2.24, 2.45) is 0 Å². The minimum atomic E-state index is -0.298. The zero-order valence-electron chi connectivity index (χ0n) is 16.2. The molecule has 5 rings (SSSR count). The maximum Gasteiger partial charge on any atom is 0.174 e. The number of rotatable bonds is 4. The van der Waals surface area contributed by atoms with Crippen LogP contribution in [0.2, 0.25) is 5.02 Å². The van der Waals surface area contributed by atoms with Gasteiger partial charge in [0.05, 0.1) is 16.8 Å². The van der Waals surface area contributed by atoms with Crippen LogP contribution in [0.1, 0.15) is 23.5 Å². The molecule has 0 unspecified atom stereocenters. The van der Waals surface area contributed by atoms with Gasteiger partial charge in [-0.2, -0.15) is 0 Å². The summed E-state index contributed by atoms with van der Waals surface area (Å²) in [7, 11) is 0. The van der Waals surface area contributed by atoms with Gasteiger partial charge in [0.15, 0.2) is 5.11 Å². The fourth-order valence-electron chi connectivity index (χ4n) is 3.89. The van der Waals surface area contributed by atoms with Crippen molar-refractivity contribution < 1.29 is 4.39 Å². The Balaban J connectivity index is 1.66. The summed E-state index contributed by atoms with van der Waals surface area (Å²) in [5.74, 6) is 0.439. The van der Waals surface area contributed by atoms with Crippen LogP contribution in [0.25, 0.3) is 5.82 Å². The van der Waals surface area contributed by atoms with Crippen molar-refractivity contribution in [1.29, 1.82) is 0 Å². The summed E-state index contributed by atoms with van der Waals surface area (Å²) >= 11 is 11.7. The molecule has 31 heavy (non-hydrogen) atoms. The van der Waals surface area contributed by atoms with Gasteiger partial charge in [0, 0.05) is 30.0 Å². The maximum atomic E-state index is 13.6. The van der Waals surface area contributed by atoms with E-state index in [1.165, 1.54) is 12.1 Å². The molecular weight excluding hydrogens is 433 g/mol. The molecule has 1 aliphatic rings. The lowest BCUT2D eigenvalue weighted by Gasteiger charge is -2.28. The van der Waals surface area contributed by atoms with Crippen molar-refractivity contribution in [1.82, 2.24) is 19.9 Å². The van der Waals surface area contributed by atoms with Gasteiger partial charge in [-0.25, -0.2) is 9.37 Å². The van der Waals surface area contributed by atoms with Crippen LogP contribution in [-0.2, 0) is 0 Å². The number of anilines is 1. The molecule has 3 aromatic heterocycles. The highest BCUT2D eigenvalue weighted by atomic mass is 35.5. The number of benzene rings is 1. The van der Waals surface area contributed by atoms with E-state index in [4.69, 9.17) is 23.8 Å². The van der Waals surface area contributed by atoms with E-state index in [2.05, 4.69) is 15.3 Å². The Labute approximate surface area is 189 Å². The lowest BCUT2D eigenvalue weighted by atomic mass is 10.0. The molecule has 1 N–H and O–H groups in total. The second-order valence-electron chi connectivity index (χ2n) is 7.11. The molecule has 1 aromatic carbocycles. The number of nitrogens with one attached hydrogen (secondary N) is 1. The minimum Gasteiger partial charge on any atom is -0.351 e. The number of aromatic nitrogens is 3. The Bertz CT molecular complexity index is 1210. The predicted octanol–water partition coefficient (Wildman–Crippen LogP) is 5.24. The van der Waals surface area contributed by atoms with Gasteiger partial charge in [0.2, 0.25) is 0 Å². The van der Waals surface area contributed by atoms with Crippen molar-refractivity contribution in [2.75, 3.05) is 4.90 Å². The molecule has 4 aromatic rings. The van der Waals surface area contributed by atoms with E-state index in [0.717, 1.165) is 22.9 Å². The first kappa shape index (κ1) is 19.7. The number of hydrogen-bond donors (Lipinski definition) is 1. The maximum absolute atomic E-state index is 13.6. The monoisotopic (exact) mass is 449 g/mol. The number of halogens is 2. The summed E-state index contributed by atoms with van der Waals surface area (Å²) in [4.78, 5) is 11.0. The molecule has 4 heterocycles. The average Bonchev–Trinajstić information content (AvgIpc) is 3.40. The van der Waals surface area contributed by atoms with E-state index in [1.54, 1.807) is 30.6 Å². The van der Waals surface area contributed by atoms with Crippen LogP contribution in [0.3, 0.4) is 0 Å². The van der Waals surface area contributed by atoms with Gasteiger partial charge < -0.3 is 14.8 Å².